The lowest BCUT2D eigenvalue weighted by atomic mass is 9.98. The van der Waals surface area contributed by atoms with Crippen LogP contribution in [0.5, 0.6) is 0 Å². The van der Waals surface area contributed by atoms with Gasteiger partial charge >= 0.3 is 5.69 Å². The summed E-state index contributed by atoms with van der Waals surface area (Å²) in [5.41, 5.74) is 3.74. The number of unbranched alkanes of at least 4 members (excludes halogenated alkanes) is 1. The fraction of sp³-hybridized carbons (Fsp3) is 0.360. The summed E-state index contributed by atoms with van der Waals surface area (Å²) in [5, 5.41) is 28.5. The first kappa shape index (κ1) is 23.1. The van der Waals surface area contributed by atoms with Gasteiger partial charge in [-0.25, -0.2) is 14.6 Å². The molecule has 0 spiro atoms. The molecule has 4 aromatic rings. The highest BCUT2D eigenvalue weighted by Gasteiger charge is 2.21. The second-order valence-corrected chi connectivity index (χ2v) is 8.27. The highest BCUT2D eigenvalue weighted by molar-refractivity contribution is 5.80. The Morgan fingerprint density at radius 3 is 2.47 bits per heavy atom. The minimum absolute atomic E-state index is 0.160. The van der Waals surface area contributed by atoms with E-state index in [2.05, 4.69) is 38.7 Å². The van der Waals surface area contributed by atoms with Crippen molar-refractivity contribution >= 4 is 0 Å². The molecule has 0 radical (unpaired) electrons. The smallest absolute Gasteiger partial charge is 0.273 e. The lowest BCUT2D eigenvalue weighted by molar-refractivity contribution is 0.542. The van der Waals surface area contributed by atoms with Crippen molar-refractivity contribution in [3.05, 3.63) is 70.4 Å². The highest BCUT2D eigenvalue weighted by Crippen LogP contribution is 2.30. The maximum atomic E-state index is 13.1. The molecule has 0 aliphatic heterocycles. The minimum Gasteiger partial charge on any atom is -0.273 e. The van der Waals surface area contributed by atoms with E-state index in [1.54, 1.807) is 4.57 Å². The van der Waals surface area contributed by atoms with Crippen LogP contribution in [0.15, 0.2) is 53.3 Å². The van der Waals surface area contributed by atoms with Crippen molar-refractivity contribution in [1.29, 1.82) is 5.26 Å². The number of nitrogens with zero attached hydrogens (tertiary/aromatic N) is 7. The van der Waals surface area contributed by atoms with E-state index in [0.717, 1.165) is 41.5 Å². The van der Waals surface area contributed by atoms with Crippen LogP contribution in [-0.4, -0.2) is 35.0 Å². The van der Waals surface area contributed by atoms with Crippen LogP contribution < -0.4 is 5.69 Å². The molecule has 2 aromatic heterocycles. The molecule has 1 unspecified atom stereocenters. The van der Waals surface area contributed by atoms with Gasteiger partial charge in [0.2, 0.25) is 0 Å². The van der Waals surface area contributed by atoms with E-state index >= 15 is 0 Å². The Hall–Kier alpha value is -4.06. The van der Waals surface area contributed by atoms with Gasteiger partial charge < -0.3 is 0 Å². The van der Waals surface area contributed by atoms with Crippen molar-refractivity contribution in [1.82, 2.24) is 35.0 Å². The first-order valence-corrected chi connectivity index (χ1v) is 11.7. The van der Waals surface area contributed by atoms with E-state index < -0.39 is 5.92 Å². The average Bonchev–Trinajstić information content (AvgIpc) is 3.51. The Labute approximate surface area is 198 Å². The van der Waals surface area contributed by atoms with Gasteiger partial charge in [0.05, 0.1) is 12.6 Å². The molecule has 1 N–H and O–H groups in total. The Bertz CT molecular complexity index is 1310. The van der Waals surface area contributed by atoms with Crippen LogP contribution in [-0.2, 0) is 13.1 Å². The molecule has 0 aliphatic rings. The van der Waals surface area contributed by atoms with Crippen molar-refractivity contribution in [3.63, 3.8) is 0 Å². The Kier molecular flexibility index (Phi) is 7.28. The van der Waals surface area contributed by atoms with Gasteiger partial charge in [-0.1, -0.05) is 75.2 Å². The molecule has 0 saturated heterocycles. The zero-order chi connectivity index (χ0) is 23.9. The summed E-state index contributed by atoms with van der Waals surface area (Å²) >= 11 is 0. The fourth-order valence-electron chi connectivity index (χ4n) is 4.04. The summed E-state index contributed by atoms with van der Waals surface area (Å²) in [5.74, 6) is 0.758. The lowest BCUT2D eigenvalue weighted by Gasteiger charge is -2.11. The van der Waals surface area contributed by atoms with E-state index in [-0.39, 0.29) is 5.69 Å². The molecule has 2 heterocycles. The van der Waals surface area contributed by atoms with E-state index in [0.29, 0.717) is 31.2 Å². The molecule has 9 heteroatoms. The standard InChI is InChI=1S/C25H28N8O/c1-3-5-15-33-25(34)32(24(29-33)20(16-26)8-4-2)17-18-11-13-19(14-12-18)21-9-6-7-10-22(21)23-27-30-31-28-23/h6-7,9-14,20H,3-5,8,15,17H2,1-2H3,(H,27,28,30,31). The van der Waals surface area contributed by atoms with Crippen molar-refractivity contribution in [3.8, 4) is 28.6 Å². The molecule has 1 atom stereocenters. The molecule has 34 heavy (non-hydrogen) atoms. The number of hydrogen-bond donors (Lipinski definition) is 1. The van der Waals surface area contributed by atoms with Crippen molar-refractivity contribution in [2.75, 3.05) is 0 Å². The number of nitrogens with one attached hydrogen (secondary N) is 1. The summed E-state index contributed by atoms with van der Waals surface area (Å²) in [7, 11) is 0. The van der Waals surface area contributed by atoms with Crippen LogP contribution in [0, 0.1) is 11.3 Å². The second kappa shape index (κ2) is 10.7. The Morgan fingerprint density at radius 2 is 1.82 bits per heavy atom. The molecule has 9 nitrogen and oxygen atoms in total. The van der Waals surface area contributed by atoms with Crippen LogP contribution in [0.2, 0.25) is 0 Å². The third-order valence-corrected chi connectivity index (χ3v) is 5.85. The van der Waals surface area contributed by atoms with E-state index in [1.165, 1.54) is 4.68 Å². The van der Waals surface area contributed by atoms with Crippen LogP contribution in [0.1, 0.15) is 56.8 Å². The molecule has 174 valence electrons. The van der Waals surface area contributed by atoms with Crippen LogP contribution in [0.4, 0.5) is 0 Å². The third-order valence-electron chi connectivity index (χ3n) is 5.85. The molecule has 2 aromatic carbocycles. The molecular weight excluding hydrogens is 428 g/mol. The van der Waals surface area contributed by atoms with Gasteiger partial charge in [0.1, 0.15) is 5.92 Å². The van der Waals surface area contributed by atoms with Crippen molar-refractivity contribution in [2.24, 2.45) is 0 Å². The quantitative estimate of drug-likeness (QED) is 0.383. The number of aromatic nitrogens is 7. The van der Waals surface area contributed by atoms with Gasteiger partial charge in [0.15, 0.2) is 11.6 Å². The van der Waals surface area contributed by atoms with E-state index in [9.17, 15) is 10.1 Å². The normalized spacial score (nSPS) is 11.9. The number of nitriles is 1. The van der Waals surface area contributed by atoms with Gasteiger partial charge in [-0.15, -0.1) is 5.10 Å². The number of hydrogen-bond acceptors (Lipinski definition) is 6. The van der Waals surface area contributed by atoms with E-state index in [1.807, 2.05) is 55.5 Å². The number of aromatic amines is 1. The molecular formula is C25H28N8O. The van der Waals surface area contributed by atoms with Gasteiger partial charge in [-0.05, 0) is 40.0 Å². The maximum absolute atomic E-state index is 13.1. The summed E-state index contributed by atoms with van der Waals surface area (Å²) in [6, 6.07) is 18.3. The molecule has 0 fully saturated rings. The highest BCUT2D eigenvalue weighted by atomic mass is 16.2. The predicted molar refractivity (Wildman–Crippen MR) is 129 cm³/mol. The zero-order valence-corrected chi connectivity index (χ0v) is 19.5. The maximum Gasteiger partial charge on any atom is 0.346 e. The first-order chi connectivity index (χ1) is 16.7. The van der Waals surface area contributed by atoms with Gasteiger partial charge in [-0.3, -0.25) is 4.57 Å². The fourth-order valence-corrected chi connectivity index (χ4v) is 4.04. The largest absolute Gasteiger partial charge is 0.346 e. The Balaban J connectivity index is 1.65. The number of H-pyrrole nitrogens is 1. The molecule has 0 amide bonds. The lowest BCUT2D eigenvalue weighted by Crippen LogP contribution is -2.26. The number of aryl methyl sites for hydroxylation is 1. The molecule has 4 rings (SSSR count). The Morgan fingerprint density at radius 1 is 1.06 bits per heavy atom. The topological polar surface area (TPSA) is 118 Å². The average molecular weight is 457 g/mol. The molecule has 0 saturated carbocycles. The molecule has 0 aliphatic carbocycles. The van der Waals surface area contributed by atoms with Crippen molar-refractivity contribution in [2.45, 2.75) is 58.5 Å². The predicted octanol–water partition coefficient (Wildman–Crippen LogP) is 4.15. The van der Waals surface area contributed by atoms with Gasteiger partial charge in [-0.2, -0.15) is 10.4 Å². The summed E-state index contributed by atoms with van der Waals surface area (Å²) in [6.45, 7) is 5.05. The van der Waals surface area contributed by atoms with Crippen molar-refractivity contribution < 1.29 is 0 Å². The summed E-state index contributed by atoms with van der Waals surface area (Å²) in [6.07, 6.45) is 3.37. The van der Waals surface area contributed by atoms with Crippen LogP contribution >= 0.6 is 0 Å². The first-order valence-electron chi connectivity index (χ1n) is 11.7. The number of benzene rings is 2. The zero-order valence-electron chi connectivity index (χ0n) is 19.5. The van der Waals surface area contributed by atoms with Gasteiger partial charge in [0.25, 0.3) is 0 Å². The monoisotopic (exact) mass is 456 g/mol. The summed E-state index contributed by atoms with van der Waals surface area (Å²) in [4.78, 5) is 13.1. The van der Waals surface area contributed by atoms with Crippen LogP contribution in [0.3, 0.4) is 0 Å². The SMILES string of the molecule is CCCCn1nc(C(C#N)CCC)n(Cc2ccc(-c3ccccc3-c3nnn[nH]3)cc2)c1=O. The van der Waals surface area contributed by atoms with E-state index in [4.69, 9.17) is 0 Å². The minimum atomic E-state index is -0.401. The second-order valence-electron chi connectivity index (χ2n) is 8.27. The van der Waals surface area contributed by atoms with Crippen LogP contribution in [0.25, 0.3) is 22.5 Å². The molecule has 0 bridgehead atoms. The van der Waals surface area contributed by atoms with Gasteiger partial charge in [0, 0.05) is 12.1 Å². The number of rotatable bonds is 10. The number of tetrazole rings is 1. The summed E-state index contributed by atoms with van der Waals surface area (Å²) < 4.78 is 3.16. The third kappa shape index (κ3) is 4.81.